The maximum atomic E-state index is 12.9. The summed E-state index contributed by atoms with van der Waals surface area (Å²) >= 11 is 0. The largest absolute Gasteiger partial charge is 0.346 e. The third-order valence-corrected chi connectivity index (χ3v) is 6.36. The van der Waals surface area contributed by atoms with E-state index < -0.39 is 11.5 Å². The van der Waals surface area contributed by atoms with Crippen molar-refractivity contribution < 1.29 is 9.59 Å². The molecule has 3 aromatic rings. The lowest BCUT2D eigenvalue weighted by atomic mass is 9.85. The molecular weight excluding hydrogens is 406 g/mol. The number of benzene rings is 1. The lowest BCUT2D eigenvalue weighted by molar-refractivity contribution is 0.0783. The predicted molar refractivity (Wildman–Crippen MR) is 117 cm³/mol. The fraction of sp³-hybridized carbons (Fsp3) is 0.292. The molecule has 1 aromatic carbocycles. The maximum absolute atomic E-state index is 12.9. The molecule has 0 aliphatic carbocycles. The number of carbonyl (C=O) groups excluding carboxylic acids is 2. The van der Waals surface area contributed by atoms with E-state index in [-0.39, 0.29) is 23.4 Å². The molecule has 0 radical (unpaired) electrons. The number of rotatable bonds is 4. The van der Waals surface area contributed by atoms with Crippen molar-refractivity contribution >= 4 is 11.8 Å². The van der Waals surface area contributed by atoms with Gasteiger partial charge in [-0.25, -0.2) is 0 Å². The zero-order valence-electron chi connectivity index (χ0n) is 17.5. The summed E-state index contributed by atoms with van der Waals surface area (Å²) in [6.07, 6.45) is 4.80. The van der Waals surface area contributed by atoms with Gasteiger partial charge < -0.3 is 14.8 Å². The van der Waals surface area contributed by atoms with E-state index >= 15 is 0 Å². The van der Waals surface area contributed by atoms with Crippen molar-refractivity contribution in [2.45, 2.75) is 31.3 Å². The molecule has 0 unspecified atom stereocenters. The molecule has 2 amide bonds. The number of likely N-dealkylation sites (tertiary alicyclic amines) is 1. The van der Waals surface area contributed by atoms with E-state index in [1.165, 1.54) is 0 Å². The normalized spacial score (nSPS) is 19.2. The molecule has 0 saturated carbocycles. The Bertz CT molecular complexity index is 1230. The van der Waals surface area contributed by atoms with Crippen molar-refractivity contribution in [3.8, 4) is 0 Å². The van der Waals surface area contributed by atoms with E-state index in [1.807, 2.05) is 45.9 Å². The molecule has 1 fully saturated rings. The predicted octanol–water partition coefficient (Wildman–Crippen LogP) is 1.76. The molecule has 8 heteroatoms. The molecule has 0 bridgehead atoms. The Morgan fingerprint density at radius 1 is 1.03 bits per heavy atom. The summed E-state index contributed by atoms with van der Waals surface area (Å²) in [5.41, 5.74) is 0.517. The molecule has 162 valence electrons. The van der Waals surface area contributed by atoms with E-state index in [0.717, 1.165) is 12.8 Å². The molecule has 32 heavy (non-hydrogen) atoms. The third kappa shape index (κ3) is 3.57. The van der Waals surface area contributed by atoms with E-state index in [4.69, 9.17) is 0 Å². The molecule has 1 atom stereocenters. The third-order valence-electron chi connectivity index (χ3n) is 6.36. The standard InChI is InChI=1S/C24H23N5O3/c30-20(26-14-18-8-4-5-11-25-18)19-15-28-12-9-24(23(28)27-21(19)31)10-13-29(16-24)22(32)17-6-2-1-3-7-17/h1-8,11,15H,9-10,12-14,16H2,(H,26,30)/t24-/m1/s1. The van der Waals surface area contributed by atoms with Gasteiger partial charge in [0.25, 0.3) is 17.4 Å². The Labute approximate surface area is 184 Å². The van der Waals surface area contributed by atoms with Gasteiger partial charge in [0.15, 0.2) is 0 Å². The van der Waals surface area contributed by atoms with Crippen molar-refractivity contribution in [2.75, 3.05) is 13.1 Å². The van der Waals surface area contributed by atoms with E-state index in [0.29, 0.717) is 36.7 Å². The van der Waals surface area contributed by atoms with Gasteiger partial charge in [0.1, 0.15) is 11.4 Å². The van der Waals surface area contributed by atoms with Crippen LogP contribution in [0.5, 0.6) is 0 Å². The van der Waals surface area contributed by atoms with Gasteiger partial charge in [-0.15, -0.1) is 0 Å². The molecule has 2 aliphatic rings. The van der Waals surface area contributed by atoms with Gasteiger partial charge in [-0.1, -0.05) is 24.3 Å². The maximum Gasteiger partial charge on any atom is 0.285 e. The summed E-state index contributed by atoms with van der Waals surface area (Å²) in [6.45, 7) is 2.05. The van der Waals surface area contributed by atoms with Crippen LogP contribution < -0.4 is 10.9 Å². The van der Waals surface area contributed by atoms with Crippen molar-refractivity contribution in [1.82, 2.24) is 24.8 Å². The SMILES string of the molecule is O=C(NCc1ccccn1)c1cn2c(nc1=O)[C@@]1(CCN(C(=O)c3ccccc3)C1)CC2. The van der Waals surface area contributed by atoms with Gasteiger partial charge in [-0.3, -0.25) is 19.4 Å². The van der Waals surface area contributed by atoms with Crippen LogP contribution in [0.3, 0.4) is 0 Å². The van der Waals surface area contributed by atoms with Crippen LogP contribution >= 0.6 is 0 Å². The van der Waals surface area contributed by atoms with Crippen molar-refractivity contribution in [2.24, 2.45) is 0 Å². The number of nitrogens with one attached hydrogen (secondary N) is 1. The van der Waals surface area contributed by atoms with Gasteiger partial charge in [0, 0.05) is 43.0 Å². The van der Waals surface area contributed by atoms with Crippen molar-refractivity contribution in [3.63, 3.8) is 0 Å². The summed E-state index contributed by atoms with van der Waals surface area (Å²) in [6, 6.07) is 14.7. The molecule has 8 nitrogen and oxygen atoms in total. The number of hydrogen-bond acceptors (Lipinski definition) is 5. The van der Waals surface area contributed by atoms with E-state index in [1.54, 1.807) is 24.5 Å². The van der Waals surface area contributed by atoms with Crippen LogP contribution in [-0.4, -0.2) is 44.3 Å². The Hall–Kier alpha value is -3.81. The fourth-order valence-corrected chi connectivity index (χ4v) is 4.65. The van der Waals surface area contributed by atoms with E-state index in [2.05, 4.69) is 15.3 Å². The van der Waals surface area contributed by atoms with Crippen LogP contribution in [0.2, 0.25) is 0 Å². The van der Waals surface area contributed by atoms with Gasteiger partial charge in [0.2, 0.25) is 0 Å². The second-order valence-electron chi connectivity index (χ2n) is 8.35. The summed E-state index contributed by atoms with van der Waals surface area (Å²) in [7, 11) is 0. The monoisotopic (exact) mass is 429 g/mol. The lowest BCUT2D eigenvalue weighted by Gasteiger charge is -2.23. The molecular formula is C24H23N5O3. The van der Waals surface area contributed by atoms with Gasteiger partial charge in [-0.2, -0.15) is 4.98 Å². The first-order chi connectivity index (χ1) is 15.6. The number of fused-ring (bicyclic) bond motifs is 2. The number of aryl methyl sites for hydroxylation is 1. The highest BCUT2D eigenvalue weighted by molar-refractivity contribution is 5.94. The topological polar surface area (TPSA) is 97.2 Å². The Morgan fingerprint density at radius 2 is 1.81 bits per heavy atom. The molecule has 1 spiro atoms. The number of hydrogen-bond donors (Lipinski definition) is 1. The first-order valence-corrected chi connectivity index (χ1v) is 10.7. The minimum Gasteiger partial charge on any atom is -0.346 e. The highest BCUT2D eigenvalue weighted by atomic mass is 16.2. The second-order valence-corrected chi connectivity index (χ2v) is 8.35. The first kappa shape index (κ1) is 20.1. The molecule has 2 aromatic heterocycles. The Morgan fingerprint density at radius 3 is 2.59 bits per heavy atom. The summed E-state index contributed by atoms with van der Waals surface area (Å²) in [5, 5.41) is 2.74. The average Bonchev–Trinajstić information content (AvgIpc) is 3.42. The zero-order valence-corrected chi connectivity index (χ0v) is 17.5. The van der Waals surface area contributed by atoms with Crippen LogP contribution in [0.1, 0.15) is 45.1 Å². The fourth-order valence-electron chi connectivity index (χ4n) is 4.65. The van der Waals surface area contributed by atoms with Gasteiger partial charge in [0.05, 0.1) is 12.2 Å². The average molecular weight is 429 g/mol. The molecule has 2 aliphatic heterocycles. The van der Waals surface area contributed by atoms with Crippen LogP contribution in [0.25, 0.3) is 0 Å². The van der Waals surface area contributed by atoms with Gasteiger partial charge >= 0.3 is 0 Å². The summed E-state index contributed by atoms with van der Waals surface area (Å²) in [5.74, 6) is 0.206. The minimum absolute atomic E-state index is 0.00575. The van der Waals surface area contributed by atoms with Crippen LogP contribution in [0.4, 0.5) is 0 Å². The molecule has 1 saturated heterocycles. The molecule has 1 N–H and O–H groups in total. The highest BCUT2D eigenvalue weighted by Gasteiger charge is 2.47. The number of amides is 2. The number of nitrogens with zero attached hydrogens (tertiary/aromatic N) is 4. The van der Waals surface area contributed by atoms with Gasteiger partial charge in [-0.05, 0) is 37.1 Å². The van der Waals surface area contributed by atoms with Crippen molar-refractivity contribution in [3.05, 3.63) is 93.9 Å². The van der Waals surface area contributed by atoms with Crippen LogP contribution in [0.15, 0.2) is 65.7 Å². The molecule has 5 rings (SSSR count). The lowest BCUT2D eigenvalue weighted by Crippen LogP contribution is -2.36. The van der Waals surface area contributed by atoms with E-state index in [9.17, 15) is 14.4 Å². The van der Waals surface area contributed by atoms with Crippen LogP contribution in [0, 0.1) is 0 Å². The van der Waals surface area contributed by atoms with Crippen molar-refractivity contribution in [1.29, 1.82) is 0 Å². The summed E-state index contributed by atoms with van der Waals surface area (Å²) < 4.78 is 1.90. The summed E-state index contributed by atoms with van der Waals surface area (Å²) in [4.78, 5) is 48.5. The second kappa shape index (κ2) is 8.03. The number of carbonyl (C=O) groups is 2. The zero-order chi connectivity index (χ0) is 22.1. The number of aromatic nitrogens is 3. The smallest absolute Gasteiger partial charge is 0.285 e. The molecule has 4 heterocycles. The van der Waals surface area contributed by atoms with Crippen LogP contribution in [-0.2, 0) is 18.5 Å². The minimum atomic E-state index is -0.538. The quantitative estimate of drug-likeness (QED) is 0.682. The first-order valence-electron chi connectivity index (χ1n) is 10.7. The number of pyridine rings is 1. The Balaban J connectivity index is 1.34. The highest BCUT2D eigenvalue weighted by Crippen LogP contribution is 2.41. The Kier molecular flexibility index (Phi) is 5.05.